The molecule has 0 saturated heterocycles. The minimum Gasteiger partial charge on any atom is -0.497 e. The molecule has 0 aliphatic rings. The van der Waals surface area contributed by atoms with Crippen molar-refractivity contribution in [1.29, 1.82) is 0 Å². The monoisotopic (exact) mass is 448 g/mol. The first-order valence-electron chi connectivity index (χ1n) is 9.31. The summed E-state index contributed by atoms with van der Waals surface area (Å²) in [4.78, 5) is 14.4. The van der Waals surface area contributed by atoms with Crippen molar-refractivity contribution in [2.75, 3.05) is 25.7 Å². The molecule has 3 rings (SSSR count). The molecule has 0 amide bonds. The summed E-state index contributed by atoms with van der Waals surface area (Å²) in [5.41, 5.74) is 2.67. The van der Waals surface area contributed by atoms with E-state index >= 15 is 0 Å². The van der Waals surface area contributed by atoms with Crippen molar-refractivity contribution < 1.29 is 14.3 Å². The first-order valence-corrected chi connectivity index (χ1v) is 10.1. The van der Waals surface area contributed by atoms with E-state index in [-0.39, 0.29) is 12.3 Å². The standard InChI is InChI=1S/C21H22Cl2N4O3/c1-4-30-21(28)20-19(13-26(2)15-7-10-17(22)18(23)11-15)27(25-24-20)12-14-5-8-16(29-3)9-6-14/h5-11H,4,12-13H2,1-3H3. The minimum atomic E-state index is -0.504. The second-order valence-corrected chi connectivity index (χ2v) is 7.38. The van der Waals surface area contributed by atoms with Gasteiger partial charge in [0.2, 0.25) is 0 Å². The maximum absolute atomic E-state index is 12.4. The molecule has 9 heteroatoms. The number of nitrogens with zero attached hydrogens (tertiary/aromatic N) is 4. The summed E-state index contributed by atoms with van der Waals surface area (Å²) in [7, 11) is 3.51. The van der Waals surface area contributed by atoms with Gasteiger partial charge in [-0.15, -0.1) is 5.10 Å². The summed E-state index contributed by atoms with van der Waals surface area (Å²) < 4.78 is 12.1. The van der Waals surface area contributed by atoms with Crippen molar-refractivity contribution in [1.82, 2.24) is 15.0 Å². The molecule has 158 valence electrons. The smallest absolute Gasteiger partial charge is 0.360 e. The Bertz CT molecular complexity index is 1020. The maximum atomic E-state index is 12.4. The zero-order valence-electron chi connectivity index (χ0n) is 16.9. The first kappa shape index (κ1) is 21.9. The van der Waals surface area contributed by atoms with Crippen LogP contribution in [-0.4, -0.2) is 41.7 Å². The van der Waals surface area contributed by atoms with E-state index in [0.29, 0.717) is 28.8 Å². The average Bonchev–Trinajstić information content (AvgIpc) is 3.13. The number of methoxy groups -OCH3 is 1. The Morgan fingerprint density at radius 1 is 1.13 bits per heavy atom. The molecule has 0 aliphatic carbocycles. The fraction of sp³-hybridized carbons (Fsp3) is 0.286. The number of esters is 1. The minimum absolute atomic E-state index is 0.192. The number of aromatic nitrogens is 3. The Balaban J connectivity index is 1.91. The number of hydrogen-bond donors (Lipinski definition) is 0. The summed E-state index contributed by atoms with van der Waals surface area (Å²) >= 11 is 12.2. The number of benzene rings is 2. The highest BCUT2D eigenvalue weighted by Gasteiger charge is 2.22. The van der Waals surface area contributed by atoms with Crippen molar-refractivity contribution in [3.8, 4) is 5.75 Å². The summed E-state index contributed by atoms with van der Waals surface area (Å²) in [6.07, 6.45) is 0. The lowest BCUT2D eigenvalue weighted by atomic mass is 10.2. The van der Waals surface area contributed by atoms with Crippen LogP contribution in [0.3, 0.4) is 0 Å². The molecule has 0 radical (unpaired) electrons. The van der Waals surface area contributed by atoms with Crippen LogP contribution in [0.15, 0.2) is 42.5 Å². The molecule has 3 aromatic rings. The van der Waals surface area contributed by atoms with Gasteiger partial charge in [-0.3, -0.25) is 0 Å². The van der Waals surface area contributed by atoms with E-state index in [1.165, 1.54) is 0 Å². The van der Waals surface area contributed by atoms with Gasteiger partial charge < -0.3 is 14.4 Å². The van der Waals surface area contributed by atoms with Crippen LogP contribution >= 0.6 is 23.2 Å². The van der Waals surface area contributed by atoms with Crippen molar-refractivity contribution in [3.63, 3.8) is 0 Å². The molecule has 30 heavy (non-hydrogen) atoms. The number of anilines is 1. The van der Waals surface area contributed by atoms with Crippen molar-refractivity contribution in [3.05, 3.63) is 69.5 Å². The van der Waals surface area contributed by atoms with E-state index in [2.05, 4.69) is 10.3 Å². The van der Waals surface area contributed by atoms with Gasteiger partial charge in [-0.25, -0.2) is 9.48 Å². The third-order valence-electron chi connectivity index (χ3n) is 4.53. The van der Waals surface area contributed by atoms with E-state index in [1.807, 2.05) is 42.3 Å². The second-order valence-electron chi connectivity index (χ2n) is 6.57. The molecule has 0 N–H and O–H groups in total. The molecule has 0 atom stereocenters. The molecular formula is C21H22Cl2N4O3. The lowest BCUT2D eigenvalue weighted by molar-refractivity contribution is 0.0518. The van der Waals surface area contributed by atoms with Crippen LogP contribution in [0.4, 0.5) is 5.69 Å². The fourth-order valence-corrected chi connectivity index (χ4v) is 3.21. The average molecular weight is 449 g/mol. The van der Waals surface area contributed by atoms with Gasteiger partial charge in [-0.2, -0.15) is 0 Å². The van der Waals surface area contributed by atoms with Crippen LogP contribution in [0.2, 0.25) is 10.0 Å². The van der Waals surface area contributed by atoms with Crippen LogP contribution in [0, 0.1) is 0 Å². The summed E-state index contributed by atoms with van der Waals surface area (Å²) in [6, 6.07) is 13.0. The number of halogens is 2. The van der Waals surface area contributed by atoms with Gasteiger partial charge in [0.25, 0.3) is 0 Å². The third kappa shape index (κ3) is 5.04. The van der Waals surface area contributed by atoms with Gasteiger partial charge in [0.05, 0.1) is 42.5 Å². The predicted molar refractivity (Wildman–Crippen MR) is 117 cm³/mol. The molecule has 1 heterocycles. The van der Waals surface area contributed by atoms with Crippen LogP contribution in [0.1, 0.15) is 28.7 Å². The third-order valence-corrected chi connectivity index (χ3v) is 5.27. The highest BCUT2D eigenvalue weighted by Crippen LogP contribution is 2.27. The van der Waals surface area contributed by atoms with Crippen LogP contribution in [0.5, 0.6) is 5.75 Å². The topological polar surface area (TPSA) is 69.5 Å². The molecule has 0 saturated carbocycles. The quantitative estimate of drug-likeness (QED) is 0.473. The Hall–Kier alpha value is -2.77. The van der Waals surface area contributed by atoms with E-state index in [9.17, 15) is 4.79 Å². The molecule has 0 unspecified atom stereocenters. The number of hydrogen-bond acceptors (Lipinski definition) is 6. The van der Waals surface area contributed by atoms with E-state index in [0.717, 1.165) is 17.0 Å². The van der Waals surface area contributed by atoms with Crippen LogP contribution < -0.4 is 9.64 Å². The first-order chi connectivity index (χ1) is 14.4. The maximum Gasteiger partial charge on any atom is 0.360 e. The summed E-state index contributed by atoms with van der Waals surface area (Å²) in [6.45, 7) is 2.82. The van der Waals surface area contributed by atoms with Gasteiger partial charge in [-0.05, 0) is 42.8 Å². The molecular weight excluding hydrogens is 427 g/mol. The van der Waals surface area contributed by atoms with Gasteiger partial charge >= 0.3 is 5.97 Å². The van der Waals surface area contributed by atoms with E-state index < -0.39 is 5.97 Å². The number of carbonyl (C=O) groups excluding carboxylic acids is 1. The molecule has 7 nitrogen and oxygen atoms in total. The summed E-state index contributed by atoms with van der Waals surface area (Å²) in [5, 5.41) is 9.21. The Morgan fingerprint density at radius 3 is 2.50 bits per heavy atom. The SMILES string of the molecule is CCOC(=O)c1nnn(Cc2ccc(OC)cc2)c1CN(C)c1ccc(Cl)c(Cl)c1. The molecule has 0 aliphatic heterocycles. The Labute approximate surface area is 185 Å². The number of rotatable bonds is 8. The molecule has 0 fully saturated rings. The molecule has 0 bridgehead atoms. The number of carbonyl (C=O) groups is 1. The van der Waals surface area contributed by atoms with E-state index in [4.69, 9.17) is 32.7 Å². The Kier molecular flexibility index (Phi) is 7.18. The molecule has 2 aromatic carbocycles. The molecule has 0 spiro atoms. The molecule has 1 aromatic heterocycles. The zero-order chi connectivity index (χ0) is 21.7. The summed E-state index contributed by atoms with van der Waals surface area (Å²) in [5.74, 6) is 0.264. The van der Waals surface area contributed by atoms with Gasteiger partial charge in [-0.1, -0.05) is 40.5 Å². The second kappa shape index (κ2) is 9.82. The lowest BCUT2D eigenvalue weighted by Crippen LogP contribution is -2.22. The zero-order valence-corrected chi connectivity index (χ0v) is 18.4. The van der Waals surface area contributed by atoms with Crippen molar-refractivity contribution >= 4 is 34.9 Å². The van der Waals surface area contributed by atoms with Crippen molar-refractivity contribution in [2.24, 2.45) is 0 Å². The van der Waals surface area contributed by atoms with Crippen LogP contribution in [-0.2, 0) is 17.8 Å². The highest BCUT2D eigenvalue weighted by molar-refractivity contribution is 6.42. The van der Waals surface area contributed by atoms with Gasteiger partial charge in [0.15, 0.2) is 5.69 Å². The van der Waals surface area contributed by atoms with Crippen molar-refractivity contribution in [2.45, 2.75) is 20.0 Å². The van der Waals surface area contributed by atoms with Crippen LogP contribution in [0.25, 0.3) is 0 Å². The highest BCUT2D eigenvalue weighted by atomic mass is 35.5. The van der Waals surface area contributed by atoms with E-state index in [1.54, 1.807) is 30.8 Å². The van der Waals surface area contributed by atoms with Gasteiger partial charge in [0.1, 0.15) is 5.75 Å². The largest absolute Gasteiger partial charge is 0.497 e. The fourth-order valence-electron chi connectivity index (χ4n) is 2.92. The lowest BCUT2D eigenvalue weighted by Gasteiger charge is -2.20. The Morgan fingerprint density at radius 2 is 1.87 bits per heavy atom. The predicted octanol–water partition coefficient (Wildman–Crippen LogP) is 4.45. The number of ether oxygens (including phenoxy) is 2. The van der Waals surface area contributed by atoms with Gasteiger partial charge in [0, 0.05) is 12.7 Å². The normalized spacial score (nSPS) is 10.7.